The largest absolute Gasteiger partial charge is 0.373 e. The SMILES string of the molecule is CC1CN(C(CN)c2ccc([N+](=O)[O-])cc2)CC(C)O1. The Labute approximate surface area is 118 Å². The Morgan fingerprint density at radius 1 is 1.35 bits per heavy atom. The van der Waals surface area contributed by atoms with E-state index in [1.165, 1.54) is 12.1 Å². The summed E-state index contributed by atoms with van der Waals surface area (Å²) in [4.78, 5) is 12.6. The average Bonchev–Trinajstić information content (AvgIpc) is 2.39. The van der Waals surface area contributed by atoms with Gasteiger partial charge in [-0.1, -0.05) is 12.1 Å². The van der Waals surface area contributed by atoms with Crippen LogP contribution in [0.2, 0.25) is 0 Å². The van der Waals surface area contributed by atoms with Crippen molar-refractivity contribution in [3.05, 3.63) is 39.9 Å². The highest BCUT2D eigenvalue weighted by Gasteiger charge is 2.28. The Bertz CT molecular complexity index is 453. The third-order valence-corrected chi connectivity index (χ3v) is 3.60. The van der Waals surface area contributed by atoms with Gasteiger partial charge in [0, 0.05) is 37.8 Å². The van der Waals surface area contributed by atoms with Crippen molar-refractivity contribution in [3.63, 3.8) is 0 Å². The maximum Gasteiger partial charge on any atom is 0.269 e. The molecule has 1 aliphatic heterocycles. The molecule has 0 aromatic heterocycles. The minimum absolute atomic E-state index is 0.0737. The summed E-state index contributed by atoms with van der Waals surface area (Å²) in [6.45, 7) is 6.22. The molecule has 2 N–H and O–H groups in total. The van der Waals surface area contributed by atoms with E-state index in [0.717, 1.165) is 18.7 Å². The number of hydrogen-bond donors (Lipinski definition) is 1. The van der Waals surface area contributed by atoms with Crippen LogP contribution < -0.4 is 5.73 Å². The zero-order valence-electron chi connectivity index (χ0n) is 11.9. The highest BCUT2D eigenvalue weighted by atomic mass is 16.6. The van der Waals surface area contributed by atoms with E-state index in [4.69, 9.17) is 10.5 Å². The minimum Gasteiger partial charge on any atom is -0.373 e. The number of nitro groups is 1. The highest BCUT2D eigenvalue weighted by Crippen LogP contribution is 2.25. The van der Waals surface area contributed by atoms with Gasteiger partial charge in [-0.15, -0.1) is 0 Å². The van der Waals surface area contributed by atoms with Gasteiger partial charge in [0.05, 0.1) is 17.1 Å². The van der Waals surface area contributed by atoms with Gasteiger partial charge in [0.25, 0.3) is 5.69 Å². The molecule has 0 amide bonds. The molecule has 1 saturated heterocycles. The lowest BCUT2D eigenvalue weighted by Gasteiger charge is -2.40. The molecule has 110 valence electrons. The number of non-ortho nitro benzene ring substituents is 1. The fraction of sp³-hybridized carbons (Fsp3) is 0.571. The lowest BCUT2D eigenvalue weighted by atomic mass is 10.0. The number of nitrogens with zero attached hydrogens (tertiary/aromatic N) is 2. The van der Waals surface area contributed by atoms with Crippen LogP contribution in [-0.2, 0) is 4.74 Å². The molecule has 1 heterocycles. The topological polar surface area (TPSA) is 81.6 Å². The van der Waals surface area contributed by atoms with Crippen LogP contribution >= 0.6 is 0 Å². The summed E-state index contributed by atoms with van der Waals surface area (Å²) in [5.74, 6) is 0. The maximum atomic E-state index is 10.7. The maximum absolute atomic E-state index is 10.7. The second-order valence-electron chi connectivity index (χ2n) is 5.31. The summed E-state index contributed by atoms with van der Waals surface area (Å²) in [5, 5.41) is 10.7. The molecule has 1 aromatic carbocycles. The van der Waals surface area contributed by atoms with Crippen LogP contribution in [0, 0.1) is 10.1 Å². The van der Waals surface area contributed by atoms with Gasteiger partial charge in [0.15, 0.2) is 0 Å². The number of morpholine rings is 1. The van der Waals surface area contributed by atoms with E-state index in [1.54, 1.807) is 12.1 Å². The van der Waals surface area contributed by atoms with Crippen molar-refractivity contribution in [2.24, 2.45) is 5.73 Å². The Morgan fingerprint density at radius 3 is 2.35 bits per heavy atom. The molecule has 1 aromatic rings. The average molecular weight is 279 g/mol. The molecular weight excluding hydrogens is 258 g/mol. The lowest BCUT2D eigenvalue weighted by molar-refractivity contribution is -0.384. The molecule has 6 nitrogen and oxygen atoms in total. The van der Waals surface area contributed by atoms with Crippen LogP contribution in [-0.4, -0.2) is 41.7 Å². The molecule has 0 bridgehead atoms. The van der Waals surface area contributed by atoms with E-state index >= 15 is 0 Å². The standard InChI is InChI=1S/C14H21N3O3/c1-10-8-16(9-11(2)20-10)14(7-15)12-3-5-13(6-4-12)17(18)19/h3-6,10-11,14H,7-9,15H2,1-2H3. The van der Waals surface area contributed by atoms with Gasteiger partial charge < -0.3 is 10.5 Å². The van der Waals surface area contributed by atoms with Crippen LogP contribution in [0.5, 0.6) is 0 Å². The first-order valence-corrected chi connectivity index (χ1v) is 6.85. The zero-order chi connectivity index (χ0) is 14.7. The van der Waals surface area contributed by atoms with E-state index in [2.05, 4.69) is 4.90 Å². The summed E-state index contributed by atoms with van der Waals surface area (Å²) in [7, 11) is 0. The molecule has 6 heteroatoms. The predicted octanol–water partition coefficient (Wildman–Crippen LogP) is 1.70. The second kappa shape index (κ2) is 6.30. The Kier molecular flexibility index (Phi) is 4.69. The molecule has 1 fully saturated rings. The molecular formula is C14H21N3O3. The third-order valence-electron chi connectivity index (χ3n) is 3.60. The number of ether oxygens (including phenoxy) is 1. The summed E-state index contributed by atoms with van der Waals surface area (Å²) >= 11 is 0. The van der Waals surface area contributed by atoms with Gasteiger partial charge in [0.2, 0.25) is 0 Å². The van der Waals surface area contributed by atoms with Crippen molar-refractivity contribution >= 4 is 5.69 Å². The summed E-state index contributed by atoms with van der Waals surface area (Å²) in [5.41, 5.74) is 7.03. The van der Waals surface area contributed by atoms with E-state index in [-0.39, 0.29) is 28.9 Å². The smallest absolute Gasteiger partial charge is 0.269 e. The van der Waals surface area contributed by atoms with Crippen LogP contribution in [0.3, 0.4) is 0 Å². The molecule has 2 rings (SSSR count). The molecule has 1 aliphatic rings. The Hall–Kier alpha value is -1.50. The summed E-state index contributed by atoms with van der Waals surface area (Å²) < 4.78 is 5.73. The quantitative estimate of drug-likeness (QED) is 0.670. The number of benzene rings is 1. The predicted molar refractivity (Wildman–Crippen MR) is 76.5 cm³/mol. The molecule has 0 radical (unpaired) electrons. The first-order chi connectivity index (χ1) is 9.51. The second-order valence-corrected chi connectivity index (χ2v) is 5.31. The molecule has 0 aliphatic carbocycles. The van der Waals surface area contributed by atoms with Crippen molar-refractivity contribution in [1.82, 2.24) is 4.90 Å². The van der Waals surface area contributed by atoms with Gasteiger partial charge in [-0.2, -0.15) is 0 Å². The van der Waals surface area contributed by atoms with E-state index in [0.29, 0.717) is 6.54 Å². The van der Waals surface area contributed by atoms with Gasteiger partial charge in [-0.05, 0) is 19.4 Å². The number of rotatable bonds is 4. The zero-order valence-corrected chi connectivity index (χ0v) is 11.9. The molecule has 0 saturated carbocycles. The number of nitro benzene ring substituents is 1. The van der Waals surface area contributed by atoms with Crippen LogP contribution in [0.4, 0.5) is 5.69 Å². The summed E-state index contributed by atoms with van der Waals surface area (Å²) in [6, 6.07) is 6.72. The van der Waals surface area contributed by atoms with Gasteiger partial charge in [0.1, 0.15) is 0 Å². The molecule has 20 heavy (non-hydrogen) atoms. The van der Waals surface area contributed by atoms with E-state index in [9.17, 15) is 10.1 Å². The van der Waals surface area contributed by atoms with E-state index in [1.807, 2.05) is 13.8 Å². The number of hydrogen-bond acceptors (Lipinski definition) is 5. The van der Waals surface area contributed by atoms with Crippen LogP contribution in [0.25, 0.3) is 0 Å². The number of nitrogens with two attached hydrogens (primary N) is 1. The Balaban J connectivity index is 2.16. The fourth-order valence-electron chi connectivity index (χ4n) is 2.79. The highest BCUT2D eigenvalue weighted by molar-refractivity contribution is 5.34. The summed E-state index contributed by atoms with van der Waals surface area (Å²) in [6.07, 6.45) is 0.344. The van der Waals surface area contributed by atoms with Gasteiger partial charge in [-0.25, -0.2) is 0 Å². The lowest BCUT2D eigenvalue weighted by Crippen LogP contribution is -2.48. The van der Waals surface area contributed by atoms with Crippen molar-refractivity contribution in [2.45, 2.75) is 32.1 Å². The fourth-order valence-corrected chi connectivity index (χ4v) is 2.79. The van der Waals surface area contributed by atoms with Crippen molar-refractivity contribution in [2.75, 3.05) is 19.6 Å². The monoisotopic (exact) mass is 279 g/mol. The van der Waals surface area contributed by atoms with Gasteiger partial charge >= 0.3 is 0 Å². The van der Waals surface area contributed by atoms with E-state index < -0.39 is 0 Å². The van der Waals surface area contributed by atoms with Crippen molar-refractivity contribution in [1.29, 1.82) is 0 Å². The first kappa shape index (κ1) is 14.9. The molecule has 3 unspecified atom stereocenters. The normalized spacial score (nSPS) is 25.4. The van der Waals surface area contributed by atoms with Crippen molar-refractivity contribution in [3.8, 4) is 0 Å². The molecule has 0 spiro atoms. The van der Waals surface area contributed by atoms with Crippen LogP contribution in [0.1, 0.15) is 25.5 Å². The third kappa shape index (κ3) is 3.33. The minimum atomic E-state index is -0.389. The molecule has 3 atom stereocenters. The van der Waals surface area contributed by atoms with Crippen molar-refractivity contribution < 1.29 is 9.66 Å². The van der Waals surface area contributed by atoms with Crippen LogP contribution in [0.15, 0.2) is 24.3 Å². The van der Waals surface area contributed by atoms with Gasteiger partial charge in [-0.3, -0.25) is 15.0 Å². The first-order valence-electron chi connectivity index (χ1n) is 6.85. The Morgan fingerprint density at radius 2 is 1.90 bits per heavy atom.